The third kappa shape index (κ3) is 5.24. The summed E-state index contributed by atoms with van der Waals surface area (Å²) in [6.45, 7) is -7.47. The molecule has 0 atom stereocenters. The standard InChI is InChI=1S/C17H10NO.C14H14N.Ir/c1-2-9-15-13(6-1)17-12(7-5-10-16(17)19-15)14-8-3-4-11-18-14;1-10-4-6-13(7-5-10)14-8-11(2)12(3)9-15-14;/h1-6,8-11H;4-6,8-9H,1-3H3;/q2*-1;/i3D,4D,8D,11D;1D3,2D3,3D3;. The molecule has 6 rings (SSSR count). The van der Waals surface area contributed by atoms with Gasteiger partial charge in [-0.05, 0) is 48.2 Å². The van der Waals surface area contributed by atoms with E-state index in [9.17, 15) is 0 Å². The van der Waals surface area contributed by atoms with Gasteiger partial charge in [-0.1, -0.05) is 60.2 Å². The molecule has 3 heterocycles. The Balaban J connectivity index is 0.000000212. The second kappa shape index (κ2) is 10.8. The Morgan fingerprint density at radius 2 is 1.80 bits per heavy atom. The van der Waals surface area contributed by atoms with Gasteiger partial charge >= 0.3 is 0 Å². The molecule has 0 bridgehead atoms. The summed E-state index contributed by atoms with van der Waals surface area (Å²) in [5, 5.41) is 1.61. The number of hydrogen-bond donors (Lipinski definition) is 0. The van der Waals surface area contributed by atoms with Crippen LogP contribution in [0.3, 0.4) is 0 Å². The van der Waals surface area contributed by atoms with Gasteiger partial charge in [-0.3, -0.25) is 0 Å². The van der Waals surface area contributed by atoms with E-state index in [0.717, 1.165) is 17.0 Å². The summed E-state index contributed by atoms with van der Waals surface area (Å²) in [4.78, 5) is 8.04. The van der Waals surface area contributed by atoms with Gasteiger partial charge in [0.25, 0.3) is 0 Å². The molecule has 0 fully saturated rings. The van der Waals surface area contributed by atoms with E-state index in [1.807, 2.05) is 24.3 Å². The van der Waals surface area contributed by atoms with Crippen LogP contribution in [0.2, 0.25) is 0 Å². The van der Waals surface area contributed by atoms with Crippen LogP contribution >= 0.6 is 0 Å². The summed E-state index contributed by atoms with van der Waals surface area (Å²) in [6, 6.07) is 21.3. The van der Waals surface area contributed by atoms with Crippen LogP contribution < -0.4 is 0 Å². The number of nitrogens with zero attached hydrogens (tertiary/aromatic N) is 2. The molecule has 0 spiro atoms. The van der Waals surface area contributed by atoms with E-state index in [4.69, 9.17) is 22.2 Å². The zero-order valence-electron chi connectivity index (χ0n) is 31.0. The summed E-state index contributed by atoms with van der Waals surface area (Å²) in [6.07, 6.45) is 0.703. The zero-order valence-corrected chi connectivity index (χ0v) is 20.4. The number of fused-ring (bicyclic) bond motifs is 3. The normalized spacial score (nSPS) is 17.0. The SMILES string of the molecule is [2H]C([2H])([2H])c1c[c-]c(-c2cc(C([2H])([2H])[2H])c(C([2H])([2H])[2H])cn2)cc1.[2H]c1nc(-c2[c-]ccc3oc4ccccc4c23)c([2H])c([2H])c1[2H].[Ir]. The fourth-order valence-electron chi connectivity index (χ4n) is 3.43. The number of aromatic nitrogens is 2. The topological polar surface area (TPSA) is 38.9 Å². The fourth-order valence-corrected chi connectivity index (χ4v) is 3.43. The second-order valence-corrected chi connectivity index (χ2v) is 7.24. The molecule has 175 valence electrons. The quantitative estimate of drug-likeness (QED) is 0.180. The molecule has 3 aromatic heterocycles. The molecule has 4 heteroatoms. The fraction of sp³-hybridized carbons (Fsp3) is 0.0968. The predicted molar refractivity (Wildman–Crippen MR) is 139 cm³/mol. The van der Waals surface area contributed by atoms with Crippen LogP contribution in [0.5, 0.6) is 0 Å². The van der Waals surface area contributed by atoms with Crippen molar-refractivity contribution in [1.29, 1.82) is 0 Å². The zero-order chi connectivity index (χ0) is 34.5. The van der Waals surface area contributed by atoms with Crippen LogP contribution in [-0.2, 0) is 20.1 Å². The van der Waals surface area contributed by atoms with E-state index in [1.54, 1.807) is 12.1 Å². The minimum atomic E-state index is -2.61. The van der Waals surface area contributed by atoms with Crippen LogP contribution in [-0.4, -0.2) is 9.97 Å². The first kappa shape index (κ1) is 12.9. The van der Waals surface area contributed by atoms with Crippen molar-refractivity contribution in [2.24, 2.45) is 0 Å². The first-order chi connectivity index (χ1) is 21.9. The summed E-state index contributed by atoms with van der Waals surface area (Å²) in [5.41, 5.74) is 2.09. The Hall–Kier alpha value is -3.59. The van der Waals surface area contributed by atoms with Crippen molar-refractivity contribution >= 4 is 21.9 Å². The van der Waals surface area contributed by atoms with Crippen molar-refractivity contribution in [2.45, 2.75) is 20.6 Å². The molecule has 3 nitrogen and oxygen atoms in total. The molecular formula is C31H24IrN2O-2. The van der Waals surface area contributed by atoms with E-state index in [2.05, 4.69) is 22.1 Å². The number of furan rings is 1. The molecule has 1 radical (unpaired) electrons. The van der Waals surface area contributed by atoms with Gasteiger partial charge in [0.15, 0.2) is 0 Å². The Labute approximate surface area is 237 Å². The van der Waals surface area contributed by atoms with Gasteiger partial charge < -0.3 is 14.4 Å². The third-order valence-corrected chi connectivity index (χ3v) is 5.03. The van der Waals surface area contributed by atoms with Gasteiger partial charge in [-0.25, -0.2) is 0 Å². The van der Waals surface area contributed by atoms with Crippen molar-refractivity contribution in [3.63, 3.8) is 0 Å². The summed E-state index contributed by atoms with van der Waals surface area (Å²) < 4.78 is 104. The second-order valence-electron chi connectivity index (χ2n) is 7.24. The monoisotopic (exact) mass is 646 g/mol. The number of rotatable bonds is 2. The molecule has 0 saturated carbocycles. The Bertz CT molecular complexity index is 2100. The molecule has 0 N–H and O–H groups in total. The van der Waals surface area contributed by atoms with Crippen LogP contribution in [0.15, 0.2) is 95.6 Å². The first-order valence-electron chi connectivity index (χ1n) is 16.7. The van der Waals surface area contributed by atoms with E-state index in [0.29, 0.717) is 22.3 Å². The predicted octanol–water partition coefficient (Wildman–Crippen LogP) is 7.92. The van der Waals surface area contributed by atoms with Crippen molar-refractivity contribution in [1.82, 2.24) is 9.97 Å². The average Bonchev–Trinajstić information content (AvgIpc) is 3.40. The van der Waals surface area contributed by atoms with Crippen LogP contribution in [0, 0.1) is 32.7 Å². The van der Waals surface area contributed by atoms with Gasteiger partial charge in [-0.2, -0.15) is 0 Å². The van der Waals surface area contributed by atoms with E-state index in [-0.39, 0.29) is 72.5 Å². The molecule has 35 heavy (non-hydrogen) atoms. The molecule has 6 aromatic rings. The Morgan fingerprint density at radius 1 is 0.886 bits per heavy atom. The molecule has 0 aliphatic heterocycles. The van der Waals surface area contributed by atoms with Crippen LogP contribution in [0.25, 0.3) is 44.5 Å². The van der Waals surface area contributed by atoms with Crippen LogP contribution in [0.4, 0.5) is 0 Å². The maximum atomic E-state index is 8.10. The third-order valence-electron chi connectivity index (χ3n) is 5.03. The molecule has 0 aliphatic carbocycles. The van der Waals surface area contributed by atoms with Crippen LogP contribution in [0.1, 0.15) is 34.5 Å². The van der Waals surface area contributed by atoms with E-state index >= 15 is 0 Å². The van der Waals surface area contributed by atoms with Crippen molar-refractivity contribution in [2.75, 3.05) is 0 Å². The Kier molecular flexibility index (Phi) is 3.98. The summed E-state index contributed by atoms with van der Waals surface area (Å²) >= 11 is 0. The van der Waals surface area contributed by atoms with Crippen molar-refractivity contribution < 1.29 is 42.3 Å². The largest absolute Gasteiger partial charge is 0.476 e. The Morgan fingerprint density at radius 3 is 2.63 bits per heavy atom. The average molecular weight is 646 g/mol. The molecule has 0 unspecified atom stereocenters. The molecule has 0 aliphatic rings. The van der Waals surface area contributed by atoms with Crippen molar-refractivity contribution in [3.05, 3.63) is 120 Å². The van der Waals surface area contributed by atoms with E-state index in [1.165, 1.54) is 24.3 Å². The van der Waals surface area contributed by atoms with Crippen molar-refractivity contribution in [3.8, 4) is 22.5 Å². The minimum absolute atomic E-state index is 0. The van der Waals surface area contributed by atoms with Gasteiger partial charge in [0, 0.05) is 44.8 Å². The number of pyridine rings is 2. The smallest absolute Gasteiger partial charge is 0.123 e. The molecular weight excluding hydrogens is 609 g/mol. The van der Waals surface area contributed by atoms with Gasteiger partial charge in [-0.15, -0.1) is 53.1 Å². The summed E-state index contributed by atoms with van der Waals surface area (Å²) in [5.74, 6) is 0. The maximum absolute atomic E-state index is 8.10. The maximum Gasteiger partial charge on any atom is 0.123 e. The van der Waals surface area contributed by atoms with Gasteiger partial charge in [0.2, 0.25) is 0 Å². The first-order valence-corrected chi connectivity index (χ1v) is 10.2. The number of para-hydroxylation sites is 1. The minimum Gasteiger partial charge on any atom is -0.476 e. The number of hydrogen-bond acceptors (Lipinski definition) is 3. The number of aryl methyl sites for hydroxylation is 3. The molecule has 0 saturated heterocycles. The number of benzene rings is 3. The molecule has 3 aromatic carbocycles. The summed E-state index contributed by atoms with van der Waals surface area (Å²) in [7, 11) is 0. The molecule has 0 amide bonds. The van der Waals surface area contributed by atoms with Gasteiger partial charge in [0.05, 0.1) is 11.1 Å². The van der Waals surface area contributed by atoms with E-state index < -0.39 is 20.6 Å². The van der Waals surface area contributed by atoms with Gasteiger partial charge in [0.1, 0.15) is 5.58 Å².